The maximum absolute atomic E-state index is 12.1. The second kappa shape index (κ2) is 10.6. The van der Waals surface area contributed by atoms with E-state index in [1.54, 1.807) is 30.3 Å². The third-order valence-corrected chi connectivity index (χ3v) is 4.45. The first-order valence-electron chi connectivity index (χ1n) is 9.61. The monoisotopic (exact) mass is 417 g/mol. The smallest absolute Gasteiger partial charge is 0.329 e. The van der Waals surface area contributed by atoms with Crippen LogP contribution in [0.1, 0.15) is 16.7 Å². The molecule has 3 aromatic carbocycles. The molecule has 2 N–H and O–H groups in total. The normalized spacial score (nSPS) is 10.5. The van der Waals surface area contributed by atoms with Gasteiger partial charge in [-0.2, -0.15) is 5.10 Å². The average molecular weight is 417 g/mol. The van der Waals surface area contributed by atoms with E-state index in [1.165, 1.54) is 13.3 Å². The van der Waals surface area contributed by atoms with Gasteiger partial charge in [0.05, 0.1) is 19.0 Å². The molecule has 0 atom stereocenters. The second-order valence-electron chi connectivity index (χ2n) is 6.64. The number of carbonyl (C=O) groups is 2. The fraction of sp³-hybridized carbons (Fsp3) is 0.125. The first-order chi connectivity index (χ1) is 15.1. The van der Waals surface area contributed by atoms with Gasteiger partial charge >= 0.3 is 11.8 Å². The summed E-state index contributed by atoms with van der Waals surface area (Å²) >= 11 is 0. The van der Waals surface area contributed by atoms with Gasteiger partial charge in [0.15, 0.2) is 0 Å². The van der Waals surface area contributed by atoms with Crippen LogP contribution in [-0.2, 0) is 16.2 Å². The molecule has 0 saturated heterocycles. The van der Waals surface area contributed by atoms with Crippen molar-refractivity contribution in [2.75, 3.05) is 12.4 Å². The van der Waals surface area contributed by atoms with Crippen molar-refractivity contribution in [1.82, 2.24) is 5.43 Å². The van der Waals surface area contributed by atoms with Crippen molar-refractivity contribution in [2.24, 2.45) is 5.10 Å². The molecule has 31 heavy (non-hydrogen) atoms. The Bertz CT molecular complexity index is 1100. The average Bonchev–Trinajstić information content (AvgIpc) is 2.79. The van der Waals surface area contributed by atoms with Gasteiger partial charge in [-0.05, 0) is 47.9 Å². The Morgan fingerprint density at radius 3 is 2.55 bits per heavy atom. The Labute approximate surface area is 180 Å². The maximum Gasteiger partial charge on any atom is 0.329 e. The molecule has 0 heterocycles. The molecule has 0 bridgehead atoms. The van der Waals surface area contributed by atoms with Gasteiger partial charge in [0, 0.05) is 0 Å². The van der Waals surface area contributed by atoms with Gasteiger partial charge in [0.1, 0.15) is 18.1 Å². The number of anilines is 1. The van der Waals surface area contributed by atoms with Gasteiger partial charge in [-0.25, -0.2) is 5.43 Å². The third-order valence-electron chi connectivity index (χ3n) is 4.45. The number of amides is 2. The molecule has 0 aliphatic heterocycles. The minimum atomic E-state index is -0.894. The summed E-state index contributed by atoms with van der Waals surface area (Å²) in [6, 6.07) is 22.1. The standard InChI is InChI=1S/C24H23N3O4/c1-17-8-3-4-10-19(17)16-31-20-11-7-9-18(14-20)15-25-27-24(29)23(28)26-21-12-5-6-13-22(21)30-2/h3-15H,16H2,1-2H3,(H,26,28)(H,27,29)/b25-15+. The fourth-order valence-corrected chi connectivity index (χ4v) is 2.76. The van der Waals surface area contributed by atoms with Crippen LogP contribution in [0, 0.1) is 6.92 Å². The van der Waals surface area contributed by atoms with E-state index in [0.717, 1.165) is 11.1 Å². The quantitative estimate of drug-likeness (QED) is 0.349. The number of carbonyl (C=O) groups excluding carboxylic acids is 2. The minimum Gasteiger partial charge on any atom is -0.495 e. The highest BCUT2D eigenvalue weighted by Gasteiger charge is 2.14. The molecule has 0 unspecified atom stereocenters. The molecule has 3 aromatic rings. The third kappa shape index (κ3) is 6.17. The molecule has 0 aliphatic rings. The van der Waals surface area contributed by atoms with Crippen LogP contribution in [-0.4, -0.2) is 25.1 Å². The lowest BCUT2D eigenvalue weighted by Crippen LogP contribution is -2.32. The highest BCUT2D eigenvalue weighted by molar-refractivity contribution is 6.39. The molecule has 0 spiro atoms. The van der Waals surface area contributed by atoms with Crippen LogP contribution in [0.5, 0.6) is 11.5 Å². The number of ether oxygens (including phenoxy) is 2. The van der Waals surface area contributed by atoms with Crippen molar-refractivity contribution in [3.8, 4) is 11.5 Å². The summed E-state index contributed by atoms with van der Waals surface area (Å²) < 4.78 is 11.0. The molecular weight excluding hydrogens is 394 g/mol. The van der Waals surface area contributed by atoms with E-state index in [-0.39, 0.29) is 0 Å². The Hall–Kier alpha value is -4.13. The highest BCUT2D eigenvalue weighted by atomic mass is 16.5. The number of aryl methyl sites for hydroxylation is 1. The molecule has 3 rings (SSSR count). The van der Waals surface area contributed by atoms with E-state index >= 15 is 0 Å². The summed E-state index contributed by atoms with van der Waals surface area (Å²) in [5.41, 5.74) is 5.59. The molecule has 0 aromatic heterocycles. The molecule has 0 aliphatic carbocycles. The summed E-state index contributed by atoms with van der Waals surface area (Å²) in [5, 5.41) is 6.33. The Balaban J connectivity index is 1.54. The fourth-order valence-electron chi connectivity index (χ4n) is 2.76. The van der Waals surface area contributed by atoms with Crippen molar-refractivity contribution in [3.05, 3.63) is 89.5 Å². The van der Waals surface area contributed by atoms with Gasteiger partial charge in [0.25, 0.3) is 0 Å². The first-order valence-corrected chi connectivity index (χ1v) is 9.61. The lowest BCUT2D eigenvalue weighted by molar-refractivity contribution is -0.136. The van der Waals surface area contributed by atoms with Gasteiger partial charge in [-0.15, -0.1) is 0 Å². The van der Waals surface area contributed by atoms with Crippen molar-refractivity contribution in [3.63, 3.8) is 0 Å². The largest absolute Gasteiger partial charge is 0.495 e. The molecule has 0 radical (unpaired) electrons. The molecule has 7 heteroatoms. The molecular formula is C24H23N3O4. The molecule has 7 nitrogen and oxygen atoms in total. The topological polar surface area (TPSA) is 89.0 Å². The number of hydrogen-bond donors (Lipinski definition) is 2. The van der Waals surface area contributed by atoms with Crippen molar-refractivity contribution in [1.29, 1.82) is 0 Å². The van der Waals surface area contributed by atoms with E-state index in [9.17, 15) is 9.59 Å². The van der Waals surface area contributed by atoms with Gasteiger partial charge in [0.2, 0.25) is 0 Å². The van der Waals surface area contributed by atoms with Crippen LogP contribution in [0.3, 0.4) is 0 Å². The van der Waals surface area contributed by atoms with Crippen LogP contribution >= 0.6 is 0 Å². The number of rotatable bonds is 7. The first kappa shape index (κ1) is 21.6. The summed E-state index contributed by atoms with van der Waals surface area (Å²) in [7, 11) is 1.48. The number of para-hydroxylation sites is 2. The Morgan fingerprint density at radius 1 is 0.968 bits per heavy atom. The van der Waals surface area contributed by atoms with Crippen molar-refractivity contribution in [2.45, 2.75) is 13.5 Å². The molecule has 158 valence electrons. The zero-order valence-electron chi connectivity index (χ0n) is 17.3. The molecule has 0 saturated carbocycles. The van der Waals surface area contributed by atoms with Crippen LogP contribution in [0.25, 0.3) is 0 Å². The highest BCUT2D eigenvalue weighted by Crippen LogP contribution is 2.22. The summed E-state index contributed by atoms with van der Waals surface area (Å²) in [5.74, 6) is -0.617. The Kier molecular flexibility index (Phi) is 7.37. The van der Waals surface area contributed by atoms with Crippen molar-refractivity contribution >= 4 is 23.7 Å². The molecule has 0 fully saturated rings. The van der Waals surface area contributed by atoms with Crippen LogP contribution in [0.2, 0.25) is 0 Å². The SMILES string of the molecule is COc1ccccc1NC(=O)C(=O)N/N=C/c1cccc(OCc2ccccc2C)c1. The predicted molar refractivity (Wildman–Crippen MR) is 119 cm³/mol. The van der Waals surface area contributed by atoms with Gasteiger partial charge < -0.3 is 14.8 Å². The lowest BCUT2D eigenvalue weighted by atomic mass is 10.1. The number of nitrogens with zero attached hydrogens (tertiary/aromatic N) is 1. The van der Waals surface area contributed by atoms with E-state index in [2.05, 4.69) is 15.8 Å². The zero-order valence-corrected chi connectivity index (χ0v) is 17.3. The molecule has 2 amide bonds. The summed E-state index contributed by atoms with van der Waals surface area (Å²) in [6.45, 7) is 2.49. The minimum absolute atomic E-state index is 0.396. The van der Waals surface area contributed by atoms with E-state index in [1.807, 2.05) is 49.4 Å². The summed E-state index contributed by atoms with van der Waals surface area (Å²) in [6.07, 6.45) is 1.44. The van der Waals surface area contributed by atoms with E-state index in [4.69, 9.17) is 9.47 Å². The van der Waals surface area contributed by atoms with E-state index in [0.29, 0.717) is 29.4 Å². The summed E-state index contributed by atoms with van der Waals surface area (Å²) in [4.78, 5) is 24.0. The van der Waals surface area contributed by atoms with Crippen LogP contribution < -0.4 is 20.2 Å². The second-order valence-corrected chi connectivity index (χ2v) is 6.64. The lowest BCUT2D eigenvalue weighted by Gasteiger charge is -2.09. The van der Waals surface area contributed by atoms with E-state index < -0.39 is 11.8 Å². The van der Waals surface area contributed by atoms with Gasteiger partial charge in [-0.1, -0.05) is 48.5 Å². The van der Waals surface area contributed by atoms with Crippen molar-refractivity contribution < 1.29 is 19.1 Å². The number of hydrazone groups is 1. The predicted octanol–water partition coefficient (Wildman–Crippen LogP) is 3.67. The number of hydrogen-bond acceptors (Lipinski definition) is 5. The van der Waals surface area contributed by atoms with Crippen LogP contribution in [0.4, 0.5) is 5.69 Å². The Morgan fingerprint density at radius 2 is 1.74 bits per heavy atom. The number of methoxy groups -OCH3 is 1. The number of nitrogens with one attached hydrogen (secondary N) is 2. The zero-order chi connectivity index (χ0) is 22.1. The maximum atomic E-state index is 12.1. The number of benzene rings is 3. The van der Waals surface area contributed by atoms with Gasteiger partial charge in [-0.3, -0.25) is 9.59 Å². The van der Waals surface area contributed by atoms with Crippen LogP contribution in [0.15, 0.2) is 77.9 Å².